The van der Waals surface area contributed by atoms with E-state index in [1.54, 1.807) is 0 Å². The summed E-state index contributed by atoms with van der Waals surface area (Å²) < 4.78 is 5.50. The summed E-state index contributed by atoms with van der Waals surface area (Å²) in [5.74, 6) is 6.21. The third kappa shape index (κ3) is 7.68. The first-order chi connectivity index (χ1) is 18.3. The van der Waals surface area contributed by atoms with Crippen molar-refractivity contribution in [1.29, 1.82) is 0 Å². The highest BCUT2D eigenvalue weighted by molar-refractivity contribution is 5.85. The van der Waals surface area contributed by atoms with Crippen LogP contribution < -0.4 is 11.1 Å². The van der Waals surface area contributed by atoms with Gasteiger partial charge < -0.3 is 15.8 Å². The van der Waals surface area contributed by atoms with Crippen LogP contribution in [0.15, 0.2) is 0 Å². The van der Waals surface area contributed by atoms with E-state index in [9.17, 15) is 4.79 Å². The van der Waals surface area contributed by atoms with Crippen molar-refractivity contribution in [1.82, 2.24) is 5.32 Å². The van der Waals surface area contributed by atoms with E-state index < -0.39 is 0 Å². The quantitative estimate of drug-likeness (QED) is 0.218. The highest BCUT2D eigenvalue weighted by atomic mass is 35.5. The summed E-state index contributed by atoms with van der Waals surface area (Å²) in [6, 6.07) is 0. The number of fused-ring (bicyclic) bond motifs is 5. The molecule has 0 aromatic heterocycles. The molecule has 4 aliphatic rings. The third-order valence-corrected chi connectivity index (χ3v) is 12.6. The van der Waals surface area contributed by atoms with E-state index in [0.29, 0.717) is 29.9 Å². The van der Waals surface area contributed by atoms with Gasteiger partial charge in [-0.3, -0.25) is 0 Å². The number of unbranched alkanes of at least 4 members (excludes halogenated alkanes) is 3. The molecule has 4 rings (SSSR count). The molecule has 39 heavy (non-hydrogen) atoms. The molecule has 9 atom stereocenters. The van der Waals surface area contributed by atoms with Crippen molar-refractivity contribution >= 4 is 18.5 Å². The molecule has 0 aromatic rings. The monoisotopic (exact) mass is 566 g/mol. The number of hydrogen-bond acceptors (Lipinski definition) is 3. The standard InChI is InChI=1S/C34H62N2O2.ClH/c1-25(24-38-32(37)36-23-10-6-5-9-22-35)12-11-13-26(2)29-17-18-30-28-16-15-27-14-7-8-20-33(27,3)31(28)19-21-34(29,30)4;/h25-31H,5-24,35H2,1-4H3,(H,36,37);1H/t25?,26-,27?,28+,29-,30+,31+,33+,34-;/m1./s1. The second-order valence-corrected chi connectivity index (χ2v) is 14.9. The maximum Gasteiger partial charge on any atom is 0.407 e. The topological polar surface area (TPSA) is 64.3 Å². The molecule has 2 unspecified atom stereocenters. The van der Waals surface area contributed by atoms with Crippen LogP contribution in [0.3, 0.4) is 0 Å². The lowest BCUT2D eigenvalue weighted by Gasteiger charge is -2.61. The number of hydrogen-bond donors (Lipinski definition) is 2. The van der Waals surface area contributed by atoms with E-state index in [0.717, 1.165) is 74.2 Å². The van der Waals surface area contributed by atoms with Crippen LogP contribution in [-0.2, 0) is 4.74 Å². The van der Waals surface area contributed by atoms with E-state index in [-0.39, 0.29) is 18.5 Å². The molecule has 5 heteroatoms. The van der Waals surface area contributed by atoms with Gasteiger partial charge in [0.05, 0.1) is 6.61 Å². The zero-order valence-corrected chi connectivity index (χ0v) is 26.8. The number of carbonyl (C=O) groups excluding carboxylic acids is 1. The second-order valence-electron chi connectivity index (χ2n) is 14.9. The molecule has 4 nitrogen and oxygen atoms in total. The largest absolute Gasteiger partial charge is 0.449 e. The Hall–Kier alpha value is -0.480. The summed E-state index contributed by atoms with van der Waals surface area (Å²) in [7, 11) is 0. The molecule has 0 aromatic carbocycles. The summed E-state index contributed by atoms with van der Waals surface area (Å²) in [6.45, 7) is 12.2. The summed E-state index contributed by atoms with van der Waals surface area (Å²) in [5.41, 5.74) is 6.77. The van der Waals surface area contributed by atoms with Gasteiger partial charge in [-0.25, -0.2) is 4.79 Å². The average Bonchev–Trinajstić information content (AvgIpc) is 3.26. The van der Waals surface area contributed by atoms with Gasteiger partial charge in [0.1, 0.15) is 0 Å². The van der Waals surface area contributed by atoms with Crippen molar-refractivity contribution in [2.45, 2.75) is 137 Å². The molecule has 1 amide bonds. The Balaban J connectivity index is 0.00000420. The fraction of sp³-hybridized carbons (Fsp3) is 0.971. The molecule has 3 N–H and O–H groups in total. The molecule has 0 heterocycles. The predicted molar refractivity (Wildman–Crippen MR) is 166 cm³/mol. The van der Waals surface area contributed by atoms with Crippen molar-refractivity contribution < 1.29 is 9.53 Å². The lowest BCUT2D eigenvalue weighted by atomic mass is 9.44. The van der Waals surface area contributed by atoms with Crippen LogP contribution in [0.2, 0.25) is 0 Å². The van der Waals surface area contributed by atoms with Crippen molar-refractivity contribution in [3.63, 3.8) is 0 Å². The smallest absolute Gasteiger partial charge is 0.407 e. The van der Waals surface area contributed by atoms with Gasteiger partial charge in [-0.05, 0) is 129 Å². The molecule has 228 valence electrons. The lowest BCUT2D eigenvalue weighted by Crippen LogP contribution is -2.53. The van der Waals surface area contributed by atoms with Crippen LogP contribution in [0, 0.1) is 52.3 Å². The van der Waals surface area contributed by atoms with Crippen LogP contribution in [0.1, 0.15) is 137 Å². The number of nitrogens with one attached hydrogen (secondary N) is 1. The first-order valence-electron chi connectivity index (χ1n) is 16.9. The first kappa shape index (κ1) is 33.0. The highest BCUT2D eigenvalue weighted by Crippen LogP contribution is 2.68. The summed E-state index contributed by atoms with van der Waals surface area (Å²) in [6.07, 6.45) is 22.9. The minimum Gasteiger partial charge on any atom is -0.449 e. The minimum atomic E-state index is -0.249. The molecule has 0 spiro atoms. The van der Waals surface area contributed by atoms with Crippen molar-refractivity contribution in [2.24, 2.45) is 58.0 Å². The summed E-state index contributed by atoms with van der Waals surface area (Å²) in [4.78, 5) is 12.0. The van der Waals surface area contributed by atoms with Gasteiger partial charge in [-0.1, -0.05) is 66.2 Å². The van der Waals surface area contributed by atoms with Gasteiger partial charge in [-0.15, -0.1) is 12.4 Å². The van der Waals surface area contributed by atoms with Gasteiger partial charge in [0, 0.05) is 6.54 Å². The lowest BCUT2D eigenvalue weighted by molar-refractivity contribution is -0.114. The highest BCUT2D eigenvalue weighted by Gasteiger charge is 2.60. The Labute approximate surface area is 247 Å². The number of alkyl carbamates (subject to hydrolysis) is 1. The van der Waals surface area contributed by atoms with Gasteiger partial charge in [0.2, 0.25) is 0 Å². The number of rotatable bonds is 13. The minimum absolute atomic E-state index is 0. The fourth-order valence-electron chi connectivity index (χ4n) is 10.4. The van der Waals surface area contributed by atoms with E-state index in [1.165, 1.54) is 77.0 Å². The maximum atomic E-state index is 12.0. The van der Waals surface area contributed by atoms with Gasteiger partial charge >= 0.3 is 6.09 Å². The molecule has 4 aliphatic carbocycles. The van der Waals surface area contributed by atoms with Crippen molar-refractivity contribution in [3.05, 3.63) is 0 Å². The van der Waals surface area contributed by atoms with E-state index in [4.69, 9.17) is 10.5 Å². The second kappa shape index (κ2) is 15.1. The SMILES string of the molecule is CC(CCC[C@@H](C)[C@H]1CC[C@H]2[C@@H]3CCC4CCCC[C@]4(C)[C@H]3CC[C@]12C)COC(=O)NCCCCCCN.Cl. The molecule has 0 saturated heterocycles. The molecule has 0 radical (unpaired) electrons. The molecule has 4 saturated carbocycles. The van der Waals surface area contributed by atoms with Crippen LogP contribution in [-0.4, -0.2) is 25.8 Å². The number of halogens is 1. The van der Waals surface area contributed by atoms with Crippen molar-refractivity contribution in [2.75, 3.05) is 19.7 Å². The van der Waals surface area contributed by atoms with Crippen molar-refractivity contribution in [3.8, 4) is 0 Å². The Bertz CT molecular complexity index is 749. The number of ether oxygens (including phenoxy) is 1. The number of amides is 1. The van der Waals surface area contributed by atoms with Crippen LogP contribution in [0.5, 0.6) is 0 Å². The molecule has 4 fully saturated rings. The molecular weight excluding hydrogens is 504 g/mol. The fourth-order valence-corrected chi connectivity index (χ4v) is 10.4. The Morgan fingerprint density at radius 1 is 0.872 bits per heavy atom. The Kier molecular flexibility index (Phi) is 12.8. The zero-order valence-electron chi connectivity index (χ0n) is 26.0. The van der Waals surface area contributed by atoms with E-state index in [1.807, 2.05) is 0 Å². The van der Waals surface area contributed by atoms with Gasteiger partial charge in [0.25, 0.3) is 0 Å². The zero-order chi connectivity index (χ0) is 27.2. The first-order valence-corrected chi connectivity index (χ1v) is 16.9. The van der Waals surface area contributed by atoms with Crippen LogP contribution in [0.4, 0.5) is 4.79 Å². The summed E-state index contributed by atoms with van der Waals surface area (Å²) in [5, 5.41) is 2.90. The third-order valence-electron chi connectivity index (χ3n) is 12.6. The average molecular weight is 567 g/mol. The van der Waals surface area contributed by atoms with E-state index >= 15 is 0 Å². The summed E-state index contributed by atoms with van der Waals surface area (Å²) >= 11 is 0. The molecule has 0 aliphatic heterocycles. The Morgan fingerprint density at radius 2 is 1.64 bits per heavy atom. The Morgan fingerprint density at radius 3 is 2.44 bits per heavy atom. The van der Waals surface area contributed by atoms with Crippen LogP contribution >= 0.6 is 12.4 Å². The van der Waals surface area contributed by atoms with Gasteiger partial charge in [0.15, 0.2) is 0 Å². The van der Waals surface area contributed by atoms with Crippen LogP contribution in [0.25, 0.3) is 0 Å². The molecule has 0 bridgehead atoms. The number of carbonyl (C=O) groups is 1. The van der Waals surface area contributed by atoms with E-state index in [2.05, 4.69) is 33.0 Å². The number of nitrogens with two attached hydrogens (primary N) is 1. The predicted octanol–water partition coefficient (Wildman–Crippen LogP) is 9.15. The molecular formula is C34H63ClN2O2. The normalized spacial score (nSPS) is 37.0. The van der Waals surface area contributed by atoms with Gasteiger partial charge in [-0.2, -0.15) is 0 Å². The maximum absolute atomic E-state index is 12.0.